The molecule has 2 fully saturated rings. The van der Waals surface area contributed by atoms with Gasteiger partial charge >= 0.3 is 5.97 Å². The number of likely N-dealkylation sites (tertiary alicyclic amines) is 1. The molecule has 1 saturated carbocycles. The van der Waals surface area contributed by atoms with Crippen LogP contribution < -0.4 is 0 Å². The molecule has 1 saturated heterocycles. The number of Topliss-reactive ketones (excluding diaryl/α,β-unsaturated/α-hetero) is 1. The third-order valence-corrected chi connectivity index (χ3v) is 7.67. The van der Waals surface area contributed by atoms with Crippen LogP contribution in [-0.4, -0.2) is 50.5 Å². The normalized spacial score (nSPS) is 20.0. The van der Waals surface area contributed by atoms with Crippen LogP contribution in [0.1, 0.15) is 89.5 Å². The number of halogens is 1. The molecule has 7 nitrogen and oxygen atoms in total. The molecular weight excluding hydrogens is 478 g/mol. The molecule has 0 N–H and O–H groups in total. The topological polar surface area (TPSA) is 81.5 Å². The fourth-order valence-corrected chi connectivity index (χ4v) is 6.01. The zero-order valence-electron chi connectivity index (χ0n) is 21.9. The van der Waals surface area contributed by atoms with E-state index in [9.17, 15) is 14.4 Å². The summed E-state index contributed by atoms with van der Waals surface area (Å²) >= 11 is 6.19. The van der Waals surface area contributed by atoms with Gasteiger partial charge in [-0.25, -0.2) is 0 Å². The number of rotatable bonds is 7. The van der Waals surface area contributed by atoms with Gasteiger partial charge < -0.3 is 9.64 Å². The van der Waals surface area contributed by atoms with E-state index in [1.54, 1.807) is 12.1 Å². The number of ketones is 1. The molecule has 0 bridgehead atoms. The predicted molar refractivity (Wildman–Crippen MR) is 140 cm³/mol. The van der Waals surface area contributed by atoms with Gasteiger partial charge in [0.05, 0.1) is 30.4 Å². The van der Waals surface area contributed by atoms with Crippen LogP contribution in [0, 0.1) is 11.8 Å². The Balaban J connectivity index is 1.57. The number of nitrogens with zero attached hydrogens (tertiary/aromatic N) is 3. The molecule has 1 aromatic carbocycles. The zero-order valence-corrected chi connectivity index (χ0v) is 22.6. The Hall–Kier alpha value is -2.41. The van der Waals surface area contributed by atoms with Crippen LogP contribution in [0.15, 0.2) is 18.2 Å². The summed E-state index contributed by atoms with van der Waals surface area (Å²) in [5.41, 5.74) is 0.654. The minimum absolute atomic E-state index is 0.0409. The summed E-state index contributed by atoms with van der Waals surface area (Å²) in [6.07, 6.45) is 7.23. The predicted octanol–water partition coefficient (Wildman–Crippen LogP) is 5.81. The highest BCUT2D eigenvalue weighted by atomic mass is 35.5. The number of benzene rings is 1. The van der Waals surface area contributed by atoms with E-state index in [2.05, 4.69) is 5.10 Å². The number of esters is 1. The van der Waals surface area contributed by atoms with Gasteiger partial charge in [-0.05, 0) is 70.6 Å². The third-order valence-electron chi connectivity index (χ3n) is 7.43. The Morgan fingerprint density at radius 2 is 1.83 bits per heavy atom. The number of carbonyl (C=O) groups is 3. The van der Waals surface area contributed by atoms with Crippen LogP contribution in [0.25, 0.3) is 10.9 Å². The first-order chi connectivity index (χ1) is 17.0. The molecule has 4 rings (SSSR count). The molecule has 2 heterocycles. The van der Waals surface area contributed by atoms with Crippen molar-refractivity contribution in [1.29, 1.82) is 0 Å². The van der Waals surface area contributed by atoms with Gasteiger partial charge in [-0.1, -0.05) is 30.9 Å². The van der Waals surface area contributed by atoms with Gasteiger partial charge in [0.15, 0.2) is 5.78 Å². The highest BCUT2D eigenvalue weighted by molar-refractivity contribution is 6.31. The molecule has 1 aliphatic carbocycles. The average molecular weight is 516 g/mol. The van der Waals surface area contributed by atoms with E-state index in [4.69, 9.17) is 16.3 Å². The van der Waals surface area contributed by atoms with Gasteiger partial charge in [0.1, 0.15) is 11.3 Å². The Morgan fingerprint density at radius 1 is 1.11 bits per heavy atom. The van der Waals surface area contributed by atoms with Crippen molar-refractivity contribution < 1.29 is 19.1 Å². The third kappa shape index (κ3) is 6.10. The van der Waals surface area contributed by atoms with Crippen molar-refractivity contribution in [2.75, 3.05) is 6.54 Å². The second kappa shape index (κ2) is 10.9. The van der Waals surface area contributed by atoms with Crippen LogP contribution in [0.3, 0.4) is 0 Å². The Morgan fingerprint density at radius 3 is 2.50 bits per heavy atom. The van der Waals surface area contributed by atoms with Crippen LogP contribution in [0.2, 0.25) is 5.02 Å². The molecule has 0 spiro atoms. The Labute approximate surface area is 218 Å². The molecule has 36 heavy (non-hydrogen) atoms. The van der Waals surface area contributed by atoms with E-state index in [1.165, 1.54) is 13.3 Å². The summed E-state index contributed by atoms with van der Waals surface area (Å²) in [4.78, 5) is 41.0. The molecule has 2 atom stereocenters. The maximum atomic E-state index is 14.0. The van der Waals surface area contributed by atoms with Crippen LogP contribution in [0.4, 0.5) is 0 Å². The number of amides is 1. The molecule has 1 aromatic heterocycles. The maximum Gasteiger partial charge on any atom is 0.307 e. The van der Waals surface area contributed by atoms with Gasteiger partial charge in [-0.2, -0.15) is 5.10 Å². The van der Waals surface area contributed by atoms with Crippen molar-refractivity contribution in [3.8, 4) is 0 Å². The molecule has 1 amide bonds. The number of carbonyl (C=O) groups excluding carboxylic acids is 3. The average Bonchev–Trinajstić information content (AvgIpc) is 3.41. The van der Waals surface area contributed by atoms with Gasteiger partial charge in [-0.3, -0.25) is 19.1 Å². The molecule has 2 aliphatic rings. The zero-order chi connectivity index (χ0) is 26.0. The van der Waals surface area contributed by atoms with E-state index in [0.29, 0.717) is 23.8 Å². The number of aromatic nitrogens is 2. The summed E-state index contributed by atoms with van der Waals surface area (Å²) in [7, 11) is 0. The van der Waals surface area contributed by atoms with Gasteiger partial charge in [0, 0.05) is 23.9 Å². The summed E-state index contributed by atoms with van der Waals surface area (Å²) < 4.78 is 7.45. The van der Waals surface area contributed by atoms with Crippen LogP contribution in [0.5, 0.6) is 0 Å². The number of fused-ring (bicyclic) bond motifs is 1. The molecule has 0 unspecified atom stereocenters. The largest absolute Gasteiger partial charge is 0.460 e. The van der Waals surface area contributed by atoms with Crippen molar-refractivity contribution in [3.63, 3.8) is 0 Å². The highest BCUT2D eigenvalue weighted by Crippen LogP contribution is 2.35. The monoisotopic (exact) mass is 515 g/mol. The minimum atomic E-state index is -0.577. The standard InChI is InChI=1S/C28H38ClN3O4/c1-18(33)26-23-15-20(29)12-13-24(23)32(30-26)17-21-11-8-14-31(21)27(35)22(19-9-6-5-7-10-19)16-25(34)36-28(2,3)4/h12-13,15,19,21-22H,5-11,14,16-17H2,1-4H3/t21-,22-/m0/s1. The summed E-state index contributed by atoms with van der Waals surface area (Å²) in [5, 5.41) is 5.89. The lowest BCUT2D eigenvalue weighted by molar-refractivity contribution is -0.160. The van der Waals surface area contributed by atoms with E-state index in [1.807, 2.05) is 36.4 Å². The van der Waals surface area contributed by atoms with Crippen molar-refractivity contribution >= 4 is 40.2 Å². The first kappa shape index (κ1) is 26.6. The van der Waals surface area contributed by atoms with E-state index >= 15 is 0 Å². The smallest absolute Gasteiger partial charge is 0.307 e. The fourth-order valence-electron chi connectivity index (χ4n) is 5.83. The van der Waals surface area contributed by atoms with E-state index in [0.717, 1.165) is 49.4 Å². The highest BCUT2D eigenvalue weighted by Gasteiger charge is 2.39. The van der Waals surface area contributed by atoms with Crippen LogP contribution in [-0.2, 0) is 20.9 Å². The summed E-state index contributed by atoms with van der Waals surface area (Å²) in [5.74, 6) is -0.515. The van der Waals surface area contributed by atoms with E-state index < -0.39 is 5.60 Å². The van der Waals surface area contributed by atoms with Crippen molar-refractivity contribution in [2.24, 2.45) is 11.8 Å². The Bertz CT molecular complexity index is 1130. The SMILES string of the molecule is CC(=O)c1nn(C[C@@H]2CCCN2C(=O)[C@@H](CC(=O)OC(C)(C)C)C2CCCCC2)c2ccc(Cl)cc12. The second-order valence-electron chi connectivity index (χ2n) is 11.4. The van der Waals surface area contributed by atoms with Gasteiger partial charge in [-0.15, -0.1) is 0 Å². The number of ether oxygens (including phenoxy) is 1. The molecule has 8 heteroatoms. The molecular formula is C28H38ClN3O4. The Kier molecular flexibility index (Phi) is 8.08. The lowest BCUT2D eigenvalue weighted by Gasteiger charge is -2.34. The fraction of sp³-hybridized carbons (Fsp3) is 0.643. The lowest BCUT2D eigenvalue weighted by Crippen LogP contribution is -2.45. The quantitative estimate of drug-likeness (QED) is 0.343. The first-order valence-electron chi connectivity index (χ1n) is 13.2. The molecule has 0 radical (unpaired) electrons. The molecule has 1 aliphatic heterocycles. The van der Waals surface area contributed by atoms with Crippen LogP contribution >= 0.6 is 11.6 Å². The summed E-state index contributed by atoms with van der Waals surface area (Å²) in [6, 6.07) is 5.41. The minimum Gasteiger partial charge on any atom is -0.460 e. The van der Waals surface area contributed by atoms with Gasteiger partial charge in [0.2, 0.25) is 5.91 Å². The lowest BCUT2D eigenvalue weighted by atomic mass is 9.77. The van der Waals surface area contributed by atoms with Gasteiger partial charge in [0.25, 0.3) is 0 Å². The number of hydrogen-bond donors (Lipinski definition) is 0. The van der Waals surface area contributed by atoms with Crippen molar-refractivity contribution in [1.82, 2.24) is 14.7 Å². The summed E-state index contributed by atoms with van der Waals surface area (Å²) in [6.45, 7) is 8.25. The first-order valence-corrected chi connectivity index (χ1v) is 13.6. The second-order valence-corrected chi connectivity index (χ2v) is 11.8. The molecule has 196 valence electrons. The van der Waals surface area contributed by atoms with E-state index in [-0.39, 0.29) is 42.0 Å². The van der Waals surface area contributed by atoms with Crippen molar-refractivity contribution in [2.45, 2.75) is 97.2 Å². The van der Waals surface area contributed by atoms with Crippen molar-refractivity contribution in [3.05, 3.63) is 28.9 Å². The molecule has 2 aromatic rings. The maximum absolute atomic E-state index is 14.0. The number of hydrogen-bond acceptors (Lipinski definition) is 5.